The first-order valence-electron chi connectivity index (χ1n) is 12.8. The van der Waals surface area contributed by atoms with Crippen LogP contribution in [0, 0.1) is 0 Å². The van der Waals surface area contributed by atoms with Gasteiger partial charge in [0, 0.05) is 5.69 Å². The number of aryl methyl sites for hydroxylation is 1. The van der Waals surface area contributed by atoms with Gasteiger partial charge < -0.3 is 9.15 Å². The van der Waals surface area contributed by atoms with E-state index >= 15 is 0 Å². The molecule has 0 N–H and O–H groups in total. The standard InChI is InChI=1S/C31H31NO4/c1-3-5-6-9-20-35-24-18-14-22(15-19-24)28-27-29(33)25-10-7-8-11-26(25)36-30(27)31(34)32(28)23-16-12-21(4-2)13-17-23/h7-8,10-19,28H,3-6,9,20H2,1-2H3. The van der Waals surface area contributed by atoms with Crippen LogP contribution in [0.2, 0.25) is 0 Å². The van der Waals surface area contributed by atoms with Crippen molar-refractivity contribution in [2.45, 2.75) is 52.0 Å². The van der Waals surface area contributed by atoms with Crippen molar-refractivity contribution in [3.63, 3.8) is 0 Å². The first kappa shape index (κ1) is 23.9. The topological polar surface area (TPSA) is 59.8 Å². The molecular formula is C31H31NO4. The van der Waals surface area contributed by atoms with Crippen molar-refractivity contribution in [3.05, 3.63) is 105 Å². The van der Waals surface area contributed by atoms with Crippen molar-refractivity contribution < 1.29 is 13.9 Å². The van der Waals surface area contributed by atoms with Crippen LogP contribution in [0.1, 0.15) is 72.8 Å². The highest BCUT2D eigenvalue weighted by Gasteiger charge is 2.43. The van der Waals surface area contributed by atoms with Gasteiger partial charge in [0.15, 0.2) is 5.43 Å². The minimum absolute atomic E-state index is 0.111. The molecule has 0 saturated heterocycles. The molecule has 2 heterocycles. The van der Waals surface area contributed by atoms with Gasteiger partial charge in [0.2, 0.25) is 5.76 Å². The van der Waals surface area contributed by atoms with E-state index in [1.807, 2.05) is 54.6 Å². The molecule has 184 valence electrons. The van der Waals surface area contributed by atoms with Gasteiger partial charge >= 0.3 is 0 Å². The average molecular weight is 482 g/mol. The van der Waals surface area contributed by atoms with Gasteiger partial charge in [-0.05, 0) is 60.4 Å². The molecule has 1 aromatic heterocycles. The lowest BCUT2D eigenvalue weighted by atomic mass is 9.98. The predicted molar refractivity (Wildman–Crippen MR) is 143 cm³/mol. The second-order valence-electron chi connectivity index (χ2n) is 9.25. The molecule has 1 aliphatic heterocycles. The van der Waals surface area contributed by atoms with Crippen LogP contribution in [-0.2, 0) is 6.42 Å². The van der Waals surface area contributed by atoms with Gasteiger partial charge in [0.05, 0.1) is 23.6 Å². The number of para-hydroxylation sites is 1. The second-order valence-corrected chi connectivity index (χ2v) is 9.25. The summed E-state index contributed by atoms with van der Waals surface area (Å²) in [6, 6.07) is 22.1. The van der Waals surface area contributed by atoms with E-state index in [9.17, 15) is 9.59 Å². The van der Waals surface area contributed by atoms with Crippen LogP contribution in [0.5, 0.6) is 5.75 Å². The normalized spacial score (nSPS) is 14.9. The van der Waals surface area contributed by atoms with E-state index in [0.29, 0.717) is 23.1 Å². The van der Waals surface area contributed by atoms with E-state index in [0.717, 1.165) is 36.3 Å². The summed E-state index contributed by atoms with van der Waals surface area (Å²) in [5.74, 6) is 0.585. The molecule has 3 aromatic carbocycles. The highest BCUT2D eigenvalue weighted by molar-refractivity contribution is 6.10. The molecule has 36 heavy (non-hydrogen) atoms. The fraction of sp³-hybridized carbons (Fsp3) is 0.290. The molecular weight excluding hydrogens is 450 g/mol. The van der Waals surface area contributed by atoms with E-state index in [1.54, 1.807) is 23.1 Å². The Bertz CT molecular complexity index is 1420. The third kappa shape index (κ3) is 4.41. The molecule has 0 bridgehead atoms. The van der Waals surface area contributed by atoms with Crippen molar-refractivity contribution in [1.82, 2.24) is 0 Å². The van der Waals surface area contributed by atoms with Crippen molar-refractivity contribution in [1.29, 1.82) is 0 Å². The summed E-state index contributed by atoms with van der Waals surface area (Å²) >= 11 is 0. The number of hydrogen-bond donors (Lipinski definition) is 0. The molecule has 5 rings (SSSR count). The SMILES string of the molecule is CCCCCCOc1ccc(C2c3c(oc4ccccc4c3=O)C(=O)N2c2ccc(CC)cc2)cc1. The summed E-state index contributed by atoms with van der Waals surface area (Å²) in [7, 11) is 0. The molecule has 0 aliphatic carbocycles. The van der Waals surface area contributed by atoms with E-state index in [4.69, 9.17) is 9.15 Å². The molecule has 1 unspecified atom stereocenters. The number of benzene rings is 3. The Labute approximate surface area is 211 Å². The van der Waals surface area contributed by atoms with E-state index in [-0.39, 0.29) is 17.1 Å². The third-order valence-corrected chi connectivity index (χ3v) is 6.86. The number of nitrogens with zero attached hydrogens (tertiary/aromatic N) is 1. The lowest BCUT2D eigenvalue weighted by molar-refractivity contribution is 0.0971. The number of carbonyl (C=O) groups is 1. The van der Waals surface area contributed by atoms with Crippen molar-refractivity contribution in [2.24, 2.45) is 0 Å². The minimum atomic E-state index is -0.584. The Morgan fingerprint density at radius 1 is 0.861 bits per heavy atom. The van der Waals surface area contributed by atoms with Crippen LogP contribution in [-0.4, -0.2) is 12.5 Å². The van der Waals surface area contributed by atoms with Crippen molar-refractivity contribution >= 4 is 22.6 Å². The zero-order valence-electron chi connectivity index (χ0n) is 20.8. The third-order valence-electron chi connectivity index (χ3n) is 6.86. The van der Waals surface area contributed by atoms with Gasteiger partial charge in [-0.1, -0.05) is 69.5 Å². The quantitative estimate of drug-likeness (QED) is 0.240. The number of carbonyl (C=O) groups excluding carboxylic acids is 1. The van der Waals surface area contributed by atoms with E-state index < -0.39 is 6.04 Å². The molecule has 1 atom stereocenters. The Hall–Kier alpha value is -3.86. The number of anilines is 1. The first-order valence-corrected chi connectivity index (χ1v) is 12.8. The Morgan fingerprint density at radius 2 is 1.61 bits per heavy atom. The molecule has 1 aliphatic rings. The maximum Gasteiger partial charge on any atom is 0.295 e. The highest BCUT2D eigenvalue weighted by Crippen LogP contribution is 2.41. The summed E-state index contributed by atoms with van der Waals surface area (Å²) < 4.78 is 12.0. The molecule has 4 aromatic rings. The molecule has 0 radical (unpaired) electrons. The fourth-order valence-electron chi connectivity index (χ4n) is 4.86. The number of rotatable bonds is 9. The Kier molecular flexibility index (Phi) is 6.90. The Morgan fingerprint density at radius 3 is 2.33 bits per heavy atom. The van der Waals surface area contributed by atoms with Crippen LogP contribution in [0.3, 0.4) is 0 Å². The van der Waals surface area contributed by atoms with Gasteiger partial charge in [-0.3, -0.25) is 14.5 Å². The lowest BCUT2D eigenvalue weighted by Gasteiger charge is -2.25. The van der Waals surface area contributed by atoms with Crippen LogP contribution in [0.25, 0.3) is 11.0 Å². The molecule has 0 saturated carbocycles. The number of hydrogen-bond acceptors (Lipinski definition) is 4. The largest absolute Gasteiger partial charge is 0.494 e. The molecule has 0 spiro atoms. The average Bonchev–Trinajstić information content (AvgIpc) is 3.21. The summed E-state index contributed by atoms with van der Waals surface area (Å²) in [6.07, 6.45) is 5.49. The zero-order chi connectivity index (χ0) is 25.1. The number of amides is 1. The van der Waals surface area contributed by atoms with Crippen LogP contribution in [0.15, 0.2) is 82.0 Å². The predicted octanol–water partition coefficient (Wildman–Crippen LogP) is 7.06. The number of fused-ring (bicyclic) bond motifs is 2. The van der Waals surface area contributed by atoms with Gasteiger partial charge in [0.25, 0.3) is 5.91 Å². The molecule has 0 fully saturated rings. The summed E-state index contributed by atoms with van der Waals surface area (Å²) in [5, 5.41) is 0.476. The second kappa shape index (κ2) is 10.4. The van der Waals surface area contributed by atoms with E-state index in [1.165, 1.54) is 18.4 Å². The summed E-state index contributed by atoms with van der Waals surface area (Å²) in [4.78, 5) is 29.0. The van der Waals surface area contributed by atoms with Crippen molar-refractivity contribution in [2.75, 3.05) is 11.5 Å². The zero-order valence-corrected chi connectivity index (χ0v) is 20.8. The fourth-order valence-corrected chi connectivity index (χ4v) is 4.86. The number of ether oxygens (including phenoxy) is 1. The van der Waals surface area contributed by atoms with Gasteiger partial charge in [-0.2, -0.15) is 0 Å². The molecule has 1 amide bonds. The molecule has 5 nitrogen and oxygen atoms in total. The van der Waals surface area contributed by atoms with Crippen LogP contribution in [0.4, 0.5) is 5.69 Å². The first-order chi connectivity index (χ1) is 17.6. The smallest absolute Gasteiger partial charge is 0.295 e. The highest BCUT2D eigenvalue weighted by atomic mass is 16.5. The minimum Gasteiger partial charge on any atom is -0.494 e. The van der Waals surface area contributed by atoms with Gasteiger partial charge in [-0.15, -0.1) is 0 Å². The maximum absolute atomic E-state index is 13.7. The Balaban J connectivity index is 1.55. The maximum atomic E-state index is 13.7. The lowest BCUT2D eigenvalue weighted by Crippen LogP contribution is -2.29. The molecule has 5 heteroatoms. The van der Waals surface area contributed by atoms with Crippen LogP contribution >= 0.6 is 0 Å². The van der Waals surface area contributed by atoms with Gasteiger partial charge in [-0.25, -0.2) is 0 Å². The van der Waals surface area contributed by atoms with Crippen LogP contribution < -0.4 is 15.1 Å². The summed E-state index contributed by atoms with van der Waals surface area (Å²) in [6.45, 7) is 4.96. The van der Waals surface area contributed by atoms with E-state index in [2.05, 4.69) is 13.8 Å². The monoisotopic (exact) mass is 481 g/mol. The van der Waals surface area contributed by atoms with Crippen molar-refractivity contribution in [3.8, 4) is 5.75 Å². The summed E-state index contributed by atoms with van der Waals surface area (Å²) in [5.41, 5.74) is 3.37. The number of unbranched alkanes of at least 4 members (excludes halogenated alkanes) is 3. The van der Waals surface area contributed by atoms with Gasteiger partial charge in [0.1, 0.15) is 11.3 Å².